The standard InChI is InChI=1S/C15H8O2/c16-10-17-15-6-5-13-7-11-3-1-2-4-12(11)8-14(13)9-15/h1-8H. The SMILES string of the molecule is O=[C]Oc1[c]c2cc3ccccc3cc2cc1. The lowest BCUT2D eigenvalue weighted by atomic mass is 10.0. The molecule has 2 radical (unpaired) electrons. The van der Waals surface area contributed by atoms with Crippen LogP contribution in [0.3, 0.4) is 0 Å². The second kappa shape index (κ2) is 3.91. The van der Waals surface area contributed by atoms with Crippen molar-refractivity contribution in [3.8, 4) is 5.75 Å². The number of hydrogen-bond acceptors (Lipinski definition) is 2. The van der Waals surface area contributed by atoms with Crippen molar-refractivity contribution in [1.82, 2.24) is 0 Å². The van der Waals surface area contributed by atoms with Gasteiger partial charge in [0, 0.05) is 6.07 Å². The molecular formula is C15H8O2. The minimum Gasteiger partial charge on any atom is -0.417 e. The first-order valence-electron chi connectivity index (χ1n) is 5.26. The molecule has 0 atom stereocenters. The van der Waals surface area contributed by atoms with Crippen molar-refractivity contribution in [2.75, 3.05) is 0 Å². The first-order valence-corrected chi connectivity index (χ1v) is 5.26. The Balaban J connectivity index is 2.28. The molecule has 2 nitrogen and oxygen atoms in total. The Bertz CT molecular complexity index is 701. The molecule has 0 fully saturated rings. The molecule has 0 aromatic heterocycles. The zero-order valence-electron chi connectivity index (χ0n) is 8.94. The van der Waals surface area contributed by atoms with E-state index >= 15 is 0 Å². The number of ether oxygens (including phenoxy) is 1. The minimum absolute atomic E-state index is 0.391. The molecule has 0 aliphatic rings. The minimum atomic E-state index is 0.391. The third-order valence-corrected chi connectivity index (χ3v) is 2.74. The molecule has 3 aromatic carbocycles. The Morgan fingerprint density at radius 3 is 2.47 bits per heavy atom. The van der Waals surface area contributed by atoms with E-state index in [9.17, 15) is 4.79 Å². The number of rotatable bonds is 2. The van der Waals surface area contributed by atoms with E-state index in [2.05, 4.69) is 22.9 Å². The van der Waals surface area contributed by atoms with Gasteiger partial charge in [0.05, 0.1) is 0 Å². The zero-order valence-corrected chi connectivity index (χ0v) is 8.94. The fourth-order valence-corrected chi connectivity index (χ4v) is 1.95. The van der Waals surface area contributed by atoms with Crippen LogP contribution in [-0.4, -0.2) is 6.47 Å². The smallest absolute Gasteiger partial charge is 0.417 e. The Labute approximate surface area is 98.4 Å². The van der Waals surface area contributed by atoms with Gasteiger partial charge in [0.1, 0.15) is 5.75 Å². The van der Waals surface area contributed by atoms with Crippen molar-refractivity contribution >= 4 is 28.0 Å². The monoisotopic (exact) mass is 220 g/mol. The maximum atomic E-state index is 10.2. The largest absolute Gasteiger partial charge is 0.423 e. The van der Waals surface area contributed by atoms with Gasteiger partial charge in [0.2, 0.25) is 0 Å². The van der Waals surface area contributed by atoms with E-state index in [1.807, 2.05) is 30.3 Å². The second-order valence-corrected chi connectivity index (χ2v) is 3.79. The summed E-state index contributed by atoms with van der Waals surface area (Å²) < 4.78 is 4.66. The van der Waals surface area contributed by atoms with Crippen molar-refractivity contribution in [1.29, 1.82) is 0 Å². The predicted molar refractivity (Wildman–Crippen MR) is 66.6 cm³/mol. The summed E-state index contributed by atoms with van der Waals surface area (Å²) in [5.41, 5.74) is 0. The van der Waals surface area contributed by atoms with Crippen LogP contribution in [0.25, 0.3) is 21.5 Å². The van der Waals surface area contributed by atoms with E-state index < -0.39 is 0 Å². The first-order chi connectivity index (χ1) is 8.36. The molecule has 0 heterocycles. The zero-order chi connectivity index (χ0) is 11.7. The maximum Gasteiger partial charge on any atom is 0.423 e. The fourth-order valence-electron chi connectivity index (χ4n) is 1.95. The van der Waals surface area contributed by atoms with Gasteiger partial charge in [0.15, 0.2) is 0 Å². The average Bonchev–Trinajstić information content (AvgIpc) is 2.36. The average molecular weight is 220 g/mol. The predicted octanol–water partition coefficient (Wildman–Crippen LogP) is 3.24. The molecule has 80 valence electrons. The van der Waals surface area contributed by atoms with Gasteiger partial charge in [-0.15, -0.1) is 0 Å². The summed E-state index contributed by atoms with van der Waals surface area (Å²) in [5, 5.41) is 4.32. The van der Waals surface area contributed by atoms with Gasteiger partial charge in [-0.05, 0) is 39.7 Å². The molecule has 0 aliphatic carbocycles. The third kappa shape index (κ3) is 1.74. The van der Waals surface area contributed by atoms with Gasteiger partial charge >= 0.3 is 6.47 Å². The molecule has 2 heteroatoms. The third-order valence-electron chi connectivity index (χ3n) is 2.74. The molecule has 3 rings (SSSR count). The molecule has 0 aliphatic heterocycles. The highest BCUT2D eigenvalue weighted by molar-refractivity contribution is 5.98. The Morgan fingerprint density at radius 1 is 0.941 bits per heavy atom. The quantitative estimate of drug-likeness (QED) is 0.620. The number of hydrogen-bond donors (Lipinski definition) is 0. The molecule has 17 heavy (non-hydrogen) atoms. The van der Waals surface area contributed by atoms with Gasteiger partial charge in [-0.3, -0.25) is 0 Å². The van der Waals surface area contributed by atoms with Crippen LogP contribution in [-0.2, 0) is 4.79 Å². The van der Waals surface area contributed by atoms with E-state index in [4.69, 9.17) is 0 Å². The van der Waals surface area contributed by atoms with E-state index in [1.54, 1.807) is 6.07 Å². The van der Waals surface area contributed by atoms with Gasteiger partial charge in [-0.25, -0.2) is 4.79 Å². The normalized spacial score (nSPS) is 10.6. The van der Waals surface area contributed by atoms with Crippen LogP contribution in [0, 0.1) is 6.07 Å². The molecule has 0 saturated carbocycles. The van der Waals surface area contributed by atoms with Crippen LogP contribution in [0.1, 0.15) is 0 Å². The molecule has 0 amide bonds. The van der Waals surface area contributed by atoms with Crippen molar-refractivity contribution in [2.24, 2.45) is 0 Å². The van der Waals surface area contributed by atoms with E-state index in [0.29, 0.717) is 5.75 Å². The molecule has 0 spiro atoms. The lowest BCUT2D eigenvalue weighted by Crippen LogP contribution is -1.88. The summed E-state index contributed by atoms with van der Waals surface area (Å²) in [4.78, 5) is 10.2. The Morgan fingerprint density at radius 2 is 1.71 bits per heavy atom. The summed E-state index contributed by atoms with van der Waals surface area (Å²) in [7, 11) is 0. The van der Waals surface area contributed by atoms with Gasteiger partial charge < -0.3 is 4.74 Å². The van der Waals surface area contributed by atoms with Gasteiger partial charge in [0.25, 0.3) is 0 Å². The van der Waals surface area contributed by atoms with Crippen LogP contribution in [0.5, 0.6) is 5.75 Å². The highest BCUT2D eigenvalue weighted by Gasteiger charge is 2.00. The van der Waals surface area contributed by atoms with E-state index in [1.165, 1.54) is 11.9 Å². The van der Waals surface area contributed by atoms with Crippen molar-refractivity contribution in [3.63, 3.8) is 0 Å². The van der Waals surface area contributed by atoms with Gasteiger partial charge in [-0.1, -0.05) is 30.3 Å². The number of carbonyl (C=O) groups excluding carboxylic acids is 1. The molecule has 0 unspecified atom stereocenters. The van der Waals surface area contributed by atoms with Crippen LogP contribution in [0.2, 0.25) is 0 Å². The topological polar surface area (TPSA) is 26.3 Å². The fraction of sp³-hybridized carbons (Fsp3) is 0. The number of fused-ring (bicyclic) bond motifs is 2. The van der Waals surface area contributed by atoms with Gasteiger partial charge in [-0.2, -0.15) is 0 Å². The number of benzene rings is 3. The Kier molecular flexibility index (Phi) is 2.26. The lowest BCUT2D eigenvalue weighted by molar-refractivity contribution is 0.442. The van der Waals surface area contributed by atoms with E-state index in [0.717, 1.165) is 16.2 Å². The van der Waals surface area contributed by atoms with Crippen LogP contribution in [0.15, 0.2) is 48.5 Å². The van der Waals surface area contributed by atoms with Crippen molar-refractivity contribution in [2.45, 2.75) is 0 Å². The maximum absolute atomic E-state index is 10.2. The van der Waals surface area contributed by atoms with Crippen molar-refractivity contribution in [3.05, 3.63) is 54.6 Å². The molecule has 0 bridgehead atoms. The molecule has 0 N–H and O–H groups in total. The molecule has 0 saturated heterocycles. The summed E-state index contributed by atoms with van der Waals surface area (Å²) >= 11 is 0. The summed E-state index contributed by atoms with van der Waals surface area (Å²) in [5.74, 6) is 0.391. The van der Waals surface area contributed by atoms with Crippen LogP contribution < -0.4 is 4.74 Å². The van der Waals surface area contributed by atoms with E-state index in [-0.39, 0.29) is 0 Å². The highest BCUT2D eigenvalue weighted by atomic mass is 16.5. The highest BCUT2D eigenvalue weighted by Crippen LogP contribution is 2.25. The summed E-state index contributed by atoms with van der Waals surface area (Å²) in [6.07, 6.45) is 0. The lowest BCUT2D eigenvalue weighted by Gasteiger charge is -2.03. The van der Waals surface area contributed by atoms with Crippen molar-refractivity contribution < 1.29 is 9.53 Å². The summed E-state index contributed by atoms with van der Waals surface area (Å²) in [6.45, 7) is 1.40. The summed E-state index contributed by atoms with van der Waals surface area (Å²) in [6, 6.07) is 18.9. The van der Waals surface area contributed by atoms with Crippen LogP contribution in [0.4, 0.5) is 0 Å². The molecule has 3 aromatic rings. The first kappa shape index (κ1) is 9.85. The second-order valence-electron chi connectivity index (χ2n) is 3.79. The molecular weight excluding hydrogens is 212 g/mol. The Hall–Kier alpha value is -2.35. The van der Waals surface area contributed by atoms with Crippen LogP contribution >= 0.6 is 0 Å².